The molecule has 1 aliphatic heterocycles. The van der Waals surface area contributed by atoms with Crippen molar-refractivity contribution in [3.05, 3.63) is 35.9 Å². The lowest BCUT2D eigenvalue weighted by Gasteiger charge is -2.62. The van der Waals surface area contributed by atoms with Crippen LogP contribution in [0.15, 0.2) is 30.3 Å². The summed E-state index contributed by atoms with van der Waals surface area (Å²) in [6, 6.07) is 11.1. The van der Waals surface area contributed by atoms with Crippen molar-refractivity contribution in [2.24, 2.45) is 17.3 Å². The molecule has 0 aromatic heterocycles. The Bertz CT molecular complexity index is 663. The van der Waals surface area contributed by atoms with Gasteiger partial charge in [-0.05, 0) is 68.4 Å². The smallest absolute Gasteiger partial charge is 0.153 e. The first-order valence-electron chi connectivity index (χ1n) is 10.6. The van der Waals surface area contributed by atoms with E-state index in [0.717, 1.165) is 44.4 Å². The lowest BCUT2D eigenvalue weighted by Crippen LogP contribution is -2.58. The van der Waals surface area contributed by atoms with E-state index in [1.807, 2.05) is 0 Å². The molecule has 4 saturated carbocycles. The molecule has 0 radical (unpaired) electrons. The van der Waals surface area contributed by atoms with Crippen molar-refractivity contribution in [2.75, 3.05) is 39.8 Å². The largest absolute Gasteiger partial charge is 0.304 e. The van der Waals surface area contributed by atoms with E-state index in [2.05, 4.69) is 47.2 Å². The summed E-state index contributed by atoms with van der Waals surface area (Å²) in [7, 11) is 2.18. The molecule has 3 heteroatoms. The van der Waals surface area contributed by atoms with E-state index < -0.39 is 0 Å². The van der Waals surface area contributed by atoms with Crippen LogP contribution in [-0.2, 0) is 10.2 Å². The molecule has 1 aromatic rings. The third kappa shape index (κ3) is 2.75. The molecule has 4 aliphatic carbocycles. The fraction of sp³-hybridized carbons (Fsp3) is 0.696. The maximum atomic E-state index is 13.6. The maximum absolute atomic E-state index is 13.6. The van der Waals surface area contributed by atoms with E-state index >= 15 is 0 Å². The highest BCUT2D eigenvalue weighted by molar-refractivity contribution is 5.87. The molecule has 1 saturated heterocycles. The minimum absolute atomic E-state index is 0.0245. The highest BCUT2D eigenvalue weighted by atomic mass is 16.1. The van der Waals surface area contributed by atoms with Crippen molar-refractivity contribution < 1.29 is 4.79 Å². The second-order valence-electron chi connectivity index (χ2n) is 9.89. The van der Waals surface area contributed by atoms with Crippen LogP contribution in [0.2, 0.25) is 0 Å². The summed E-state index contributed by atoms with van der Waals surface area (Å²) in [6.07, 6.45) is 7.46. The van der Waals surface area contributed by atoms with Gasteiger partial charge in [-0.15, -0.1) is 0 Å². The first-order chi connectivity index (χ1) is 12.6. The number of rotatable bonds is 4. The quantitative estimate of drug-likeness (QED) is 0.830. The van der Waals surface area contributed by atoms with Gasteiger partial charge in [0.25, 0.3) is 0 Å². The fourth-order valence-corrected chi connectivity index (χ4v) is 7.10. The predicted molar refractivity (Wildman–Crippen MR) is 104 cm³/mol. The van der Waals surface area contributed by atoms with Crippen LogP contribution >= 0.6 is 0 Å². The molecule has 0 amide bonds. The van der Waals surface area contributed by atoms with E-state index in [1.54, 1.807) is 0 Å². The molecule has 2 atom stereocenters. The van der Waals surface area contributed by atoms with Gasteiger partial charge in [0.05, 0.1) is 6.54 Å². The number of likely N-dealkylation sites (N-methyl/N-ethyl adjacent to an activating group) is 1. The predicted octanol–water partition coefficient (Wildman–Crippen LogP) is 3.34. The summed E-state index contributed by atoms with van der Waals surface area (Å²) >= 11 is 0. The Kier molecular flexibility index (Phi) is 4.02. The standard InChI is InChI=1S/C23H32N2O/c1-24-7-9-25(10-8-24)16-21(26)23-14-18-11-19(15-23)13-22(12-18,17-23)20-5-3-2-4-6-20/h2-6,18-19H,7-17H2,1H3. The molecule has 0 N–H and O–H groups in total. The Morgan fingerprint density at radius 3 is 2.31 bits per heavy atom. The van der Waals surface area contributed by atoms with Gasteiger partial charge in [-0.2, -0.15) is 0 Å². The van der Waals surface area contributed by atoms with E-state index in [-0.39, 0.29) is 10.8 Å². The van der Waals surface area contributed by atoms with Gasteiger partial charge < -0.3 is 4.90 Å². The van der Waals surface area contributed by atoms with Crippen LogP contribution < -0.4 is 0 Å². The Morgan fingerprint density at radius 1 is 1.00 bits per heavy atom. The average molecular weight is 353 g/mol. The summed E-state index contributed by atoms with van der Waals surface area (Å²) in [5, 5.41) is 0. The molecule has 26 heavy (non-hydrogen) atoms. The van der Waals surface area contributed by atoms with Crippen molar-refractivity contribution in [1.29, 1.82) is 0 Å². The lowest BCUT2D eigenvalue weighted by atomic mass is 9.42. The molecule has 5 aliphatic rings. The highest BCUT2D eigenvalue weighted by Gasteiger charge is 2.60. The van der Waals surface area contributed by atoms with Crippen molar-refractivity contribution in [3.8, 4) is 0 Å². The number of ketones is 1. The summed E-state index contributed by atoms with van der Waals surface area (Å²) in [4.78, 5) is 18.3. The van der Waals surface area contributed by atoms with Gasteiger partial charge in [-0.3, -0.25) is 9.69 Å². The molecule has 4 bridgehead atoms. The number of Topliss-reactive ketones (excluding diaryl/α,β-unsaturated/α-hetero) is 1. The van der Waals surface area contributed by atoms with Crippen LogP contribution in [0.25, 0.3) is 0 Å². The molecule has 0 spiro atoms. The van der Waals surface area contributed by atoms with Gasteiger partial charge in [0.15, 0.2) is 5.78 Å². The zero-order valence-corrected chi connectivity index (χ0v) is 16.1. The molecular weight excluding hydrogens is 320 g/mol. The van der Waals surface area contributed by atoms with E-state index in [0.29, 0.717) is 12.3 Å². The van der Waals surface area contributed by atoms with Gasteiger partial charge >= 0.3 is 0 Å². The summed E-state index contributed by atoms with van der Waals surface area (Å²) in [5.41, 5.74) is 1.76. The summed E-state index contributed by atoms with van der Waals surface area (Å²) < 4.78 is 0. The number of piperazine rings is 1. The normalized spacial score (nSPS) is 40.0. The number of nitrogens with zero attached hydrogens (tertiary/aromatic N) is 2. The van der Waals surface area contributed by atoms with Crippen molar-refractivity contribution in [1.82, 2.24) is 9.80 Å². The number of hydrogen-bond acceptors (Lipinski definition) is 3. The zero-order valence-electron chi connectivity index (χ0n) is 16.1. The molecule has 2 unspecified atom stereocenters. The van der Waals surface area contributed by atoms with Crippen molar-refractivity contribution in [3.63, 3.8) is 0 Å². The molecule has 1 aromatic carbocycles. The maximum Gasteiger partial charge on any atom is 0.153 e. The van der Waals surface area contributed by atoms with E-state index in [9.17, 15) is 4.79 Å². The zero-order chi connectivity index (χ0) is 17.8. The third-order valence-corrected chi connectivity index (χ3v) is 8.00. The van der Waals surface area contributed by atoms with Gasteiger partial charge in [-0.1, -0.05) is 30.3 Å². The molecular formula is C23H32N2O. The fourth-order valence-electron chi connectivity index (χ4n) is 7.10. The lowest BCUT2D eigenvalue weighted by molar-refractivity contribution is -0.148. The van der Waals surface area contributed by atoms with Crippen molar-refractivity contribution in [2.45, 2.75) is 43.9 Å². The van der Waals surface area contributed by atoms with Crippen LogP contribution in [0.1, 0.15) is 44.1 Å². The second-order valence-corrected chi connectivity index (χ2v) is 9.89. The van der Waals surface area contributed by atoms with Crippen LogP contribution in [0.4, 0.5) is 0 Å². The van der Waals surface area contributed by atoms with E-state index in [1.165, 1.54) is 37.7 Å². The minimum Gasteiger partial charge on any atom is -0.304 e. The monoisotopic (exact) mass is 352 g/mol. The topological polar surface area (TPSA) is 23.6 Å². The first kappa shape index (κ1) is 16.9. The number of benzene rings is 1. The number of hydrogen-bond donors (Lipinski definition) is 0. The van der Waals surface area contributed by atoms with E-state index in [4.69, 9.17) is 0 Å². The van der Waals surface area contributed by atoms with Crippen LogP contribution in [-0.4, -0.2) is 55.4 Å². The van der Waals surface area contributed by atoms with Gasteiger partial charge in [0.1, 0.15) is 0 Å². The average Bonchev–Trinajstić information content (AvgIpc) is 2.63. The van der Waals surface area contributed by atoms with Crippen molar-refractivity contribution >= 4 is 5.78 Å². The van der Waals surface area contributed by atoms with Crippen LogP contribution in [0.3, 0.4) is 0 Å². The summed E-state index contributed by atoms with van der Waals surface area (Å²) in [6.45, 7) is 4.99. The minimum atomic E-state index is -0.0245. The summed E-state index contributed by atoms with van der Waals surface area (Å²) in [5.74, 6) is 2.11. The molecule has 5 fully saturated rings. The molecule has 3 nitrogen and oxygen atoms in total. The Labute approximate surface area is 157 Å². The van der Waals surface area contributed by atoms with Gasteiger partial charge in [-0.25, -0.2) is 0 Å². The second kappa shape index (κ2) is 6.17. The number of carbonyl (C=O) groups excluding carboxylic acids is 1. The molecule has 140 valence electrons. The highest BCUT2D eigenvalue weighted by Crippen LogP contribution is 2.66. The molecule has 1 heterocycles. The number of carbonyl (C=O) groups is 1. The van der Waals surface area contributed by atoms with Gasteiger partial charge in [0, 0.05) is 31.6 Å². The Morgan fingerprint density at radius 2 is 1.65 bits per heavy atom. The van der Waals surface area contributed by atoms with Gasteiger partial charge in [0.2, 0.25) is 0 Å². The first-order valence-corrected chi connectivity index (χ1v) is 10.6. The van der Waals surface area contributed by atoms with Crippen LogP contribution in [0.5, 0.6) is 0 Å². The third-order valence-electron chi connectivity index (χ3n) is 8.00. The van der Waals surface area contributed by atoms with Crippen LogP contribution in [0, 0.1) is 17.3 Å². The Hall–Kier alpha value is -1.19. The SMILES string of the molecule is CN1CCN(CC(=O)C23CC4CC(C2)CC(c2ccccc2)(C4)C3)CC1. The Balaban J connectivity index is 1.39. The molecule has 6 rings (SSSR count).